The molecular weight excluding hydrogens is 271 g/mol. The van der Waals surface area contributed by atoms with Gasteiger partial charge in [0.2, 0.25) is 0 Å². The van der Waals surface area contributed by atoms with Gasteiger partial charge in [0.15, 0.2) is 11.6 Å². The molecule has 0 amide bonds. The van der Waals surface area contributed by atoms with E-state index in [0.29, 0.717) is 13.0 Å². The summed E-state index contributed by atoms with van der Waals surface area (Å²) in [5, 5.41) is 9.99. The zero-order valence-electron chi connectivity index (χ0n) is 11.7. The van der Waals surface area contributed by atoms with Gasteiger partial charge in [-0.2, -0.15) is 0 Å². The third-order valence-corrected chi connectivity index (χ3v) is 3.77. The SMILES string of the molecule is COc1cccc(C2CC(O)CN2c2ncccc2F)c1. The number of aliphatic hydroxyl groups excluding tert-OH is 1. The molecule has 1 aromatic heterocycles. The highest BCUT2D eigenvalue weighted by atomic mass is 19.1. The summed E-state index contributed by atoms with van der Waals surface area (Å²) in [4.78, 5) is 5.94. The van der Waals surface area contributed by atoms with E-state index >= 15 is 0 Å². The molecule has 0 bridgehead atoms. The van der Waals surface area contributed by atoms with E-state index in [1.165, 1.54) is 6.07 Å². The van der Waals surface area contributed by atoms with E-state index in [4.69, 9.17) is 4.74 Å². The molecule has 5 heteroatoms. The van der Waals surface area contributed by atoms with Crippen molar-refractivity contribution in [1.82, 2.24) is 4.98 Å². The quantitative estimate of drug-likeness (QED) is 0.942. The summed E-state index contributed by atoms with van der Waals surface area (Å²) in [5.74, 6) is 0.650. The highest BCUT2D eigenvalue weighted by Crippen LogP contribution is 2.37. The number of halogens is 1. The van der Waals surface area contributed by atoms with Gasteiger partial charge in [0.05, 0.1) is 19.3 Å². The molecule has 4 nitrogen and oxygen atoms in total. The van der Waals surface area contributed by atoms with Gasteiger partial charge in [-0.1, -0.05) is 12.1 Å². The Morgan fingerprint density at radius 2 is 2.19 bits per heavy atom. The molecule has 1 aliphatic heterocycles. The zero-order chi connectivity index (χ0) is 14.8. The van der Waals surface area contributed by atoms with E-state index in [1.807, 2.05) is 29.2 Å². The van der Waals surface area contributed by atoms with Crippen LogP contribution in [0.5, 0.6) is 5.75 Å². The number of hydrogen-bond acceptors (Lipinski definition) is 4. The smallest absolute Gasteiger partial charge is 0.165 e. The Morgan fingerprint density at radius 3 is 2.95 bits per heavy atom. The van der Waals surface area contributed by atoms with Crippen LogP contribution in [0.15, 0.2) is 42.6 Å². The second kappa shape index (κ2) is 5.69. The van der Waals surface area contributed by atoms with Crippen LogP contribution in [-0.2, 0) is 0 Å². The van der Waals surface area contributed by atoms with Crippen LogP contribution in [-0.4, -0.2) is 29.8 Å². The number of aliphatic hydroxyl groups is 1. The Labute approximate surface area is 122 Å². The topological polar surface area (TPSA) is 45.6 Å². The molecule has 1 aliphatic rings. The first kappa shape index (κ1) is 13.8. The fourth-order valence-electron chi connectivity index (χ4n) is 2.80. The minimum absolute atomic E-state index is 0.112. The molecule has 1 aromatic carbocycles. The van der Waals surface area contributed by atoms with Crippen molar-refractivity contribution in [2.24, 2.45) is 0 Å². The van der Waals surface area contributed by atoms with Gasteiger partial charge in [-0.3, -0.25) is 0 Å². The number of benzene rings is 1. The molecule has 0 aliphatic carbocycles. The Kier molecular flexibility index (Phi) is 3.75. The maximum atomic E-state index is 14.0. The van der Waals surface area contributed by atoms with Gasteiger partial charge in [-0.15, -0.1) is 0 Å². The number of nitrogens with zero attached hydrogens (tertiary/aromatic N) is 2. The predicted octanol–water partition coefficient (Wildman–Crippen LogP) is 2.54. The van der Waals surface area contributed by atoms with E-state index in [2.05, 4.69) is 4.98 Å². The molecule has 0 saturated carbocycles. The molecular formula is C16H17FN2O2. The first-order valence-corrected chi connectivity index (χ1v) is 6.88. The van der Waals surface area contributed by atoms with Crippen molar-refractivity contribution < 1.29 is 14.2 Å². The first-order chi connectivity index (χ1) is 10.2. The summed E-state index contributed by atoms with van der Waals surface area (Å²) in [7, 11) is 1.61. The number of methoxy groups -OCH3 is 1. The van der Waals surface area contributed by atoms with Crippen LogP contribution in [0.1, 0.15) is 18.0 Å². The molecule has 0 spiro atoms. The van der Waals surface area contributed by atoms with Crippen LogP contribution < -0.4 is 9.64 Å². The number of β-amino-alcohol motifs (C(OH)–C–C–N with tert-alkyl or cyclic N) is 1. The molecule has 3 rings (SSSR count). The van der Waals surface area contributed by atoms with Crippen molar-refractivity contribution in [3.05, 3.63) is 54.0 Å². The van der Waals surface area contributed by atoms with Gasteiger partial charge in [-0.05, 0) is 36.2 Å². The molecule has 0 radical (unpaired) electrons. The van der Waals surface area contributed by atoms with Gasteiger partial charge in [0.25, 0.3) is 0 Å². The van der Waals surface area contributed by atoms with E-state index in [9.17, 15) is 9.50 Å². The number of anilines is 1. The summed E-state index contributed by atoms with van der Waals surface area (Å²) < 4.78 is 19.2. The summed E-state index contributed by atoms with van der Waals surface area (Å²) >= 11 is 0. The molecule has 110 valence electrons. The Hall–Kier alpha value is -2.14. The molecule has 2 heterocycles. The average molecular weight is 288 g/mol. The summed E-state index contributed by atoms with van der Waals surface area (Å²) in [6, 6.07) is 10.5. The van der Waals surface area contributed by atoms with Crippen LogP contribution in [0.25, 0.3) is 0 Å². The molecule has 1 fully saturated rings. The van der Waals surface area contributed by atoms with Crippen LogP contribution in [0, 0.1) is 5.82 Å². The van der Waals surface area contributed by atoms with Crippen molar-refractivity contribution in [1.29, 1.82) is 0 Å². The standard InChI is InChI=1S/C16H17FN2O2/c1-21-13-5-2-4-11(8-13)15-9-12(20)10-19(15)16-14(17)6-3-7-18-16/h2-8,12,15,20H,9-10H2,1H3. The van der Waals surface area contributed by atoms with Gasteiger partial charge < -0.3 is 14.7 Å². The first-order valence-electron chi connectivity index (χ1n) is 6.88. The third kappa shape index (κ3) is 2.69. The number of aromatic nitrogens is 1. The molecule has 1 N–H and O–H groups in total. The lowest BCUT2D eigenvalue weighted by Crippen LogP contribution is -2.26. The lowest BCUT2D eigenvalue weighted by molar-refractivity contribution is 0.194. The van der Waals surface area contributed by atoms with Gasteiger partial charge >= 0.3 is 0 Å². The fraction of sp³-hybridized carbons (Fsp3) is 0.312. The number of pyridine rings is 1. The lowest BCUT2D eigenvalue weighted by Gasteiger charge is -2.26. The van der Waals surface area contributed by atoms with Gasteiger partial charge in [0, 0.05) is 12.7 Å². The van der Waals surface area contributed by atoms with Crippen molar-refractivity contribution >= 4 is 5.82 Å². The summed E-state index contributed by atoms with van der Waals surface area (Å²) in [6.07, 6.45) is 1.61. The van der Waals surface area contributed by atoms with Gasteiger partial charge in [-0.25, -0.2) is 9.37 Å². The number of rotatable bonds is 3. The minimum atomic E-state index is -0.498. The maximum Gasteiger partial charge on any atom is 0.165 e. The Balaban J connectivity index is 1.97. The van der Waals surface area contributed by atoms with Gasteiger partial charge in [0.1, 0.15) is 5.75 Å². The largest absolute Gasteiger partial charge is 0.497 e. The molecule has 2 unspecified atom stereocenters. The normalized spacial score (nSPS) is 21.6. The maximum absolute atomic E-state index is 14.0. The zero-order valence-corrected chi connectivity index (χ0v) is 11.7. The molecule has 21 heavy (non-hydrogen) atoms. The third-order valence-electron chi connectivity index (χ3n) is 3.77. The predicted molar refractivity (Wildman–Crippen MR) is 77.9 cm³/mol. The monoisotopic (exact) mass is 288 g/mol. The van der Waals surface area contributed by atoms with Crippen molar-refractivity contribution in [2.75, 3.05) is 18.6 Å². The number of hydrogen-bond donors (Lipinski definition) is 1. The minimum Gasteiger partial charge on any atom is -0.497 e. The highest BCUT2D eigenvalue weighted by Gasteiger charge is 2.34. The van der Waals surface area contributed by atoms with Crippen LogP contribution in [0.3, 0.4) is 0 Å². The average Bonchev–Trinajstić information content (AvgIpc) is 2.89. The second-order valence-electron chi connectivity index (χ2n) is 5.14. The van der Waals surface area contributed by atoms with E-state index in [0.717, 1.165) is 11.3 Å². The number of ether oxygens (including phenoxy) is 1. The molecule has 2 aromatic rings. The van der Waals surface area contributed by atoms with Crippen LogP contribution in [0.2, 0.25) is 0 Å². The lowest BCUT2D eigenvalue weighted by atomic mass is 10.0. The van der Waals surface area contributed by atoms with E-state index in [-0.39, 0.29) is 17.7 Å². The van der Waals surface area contributed by atoms with Crippen molar-refractivity contribution in [3.8, 4) is 5.75 Å². The molecule has 2 atom stereocenters. The van der Waals surface area contributed by atoms with Crippen molar-refractivity contribution in [3.63, 3.8) is 0 Å². The Bertz CT molecular complexity index is 635. The van der Waals surface area contributed by atoms with E-state index in [1.54, 1.807) is 19.4 Å². The summed E-state index contributed by atoms with van der Waals surface area (Å²) in [5.41, 5.74) is 0.982. The second-order valence-corrected chi connectivity index (χ2v) is 5.14. The molecule has 1 saturated heterocycles. The van der Waals surface area contributed by atoms with Crippen LogP contribution >= 0.6 is 0 Å². The highest BCUT2D eigenvalue weighted by molar-refractivity contribution is 5.46. The summed E-state index contributed by atoms with van der Waals surface area (Å²) in [6.45, 7) is 0.371. The van der Waals surface area contributed by atoms with Crippen molar-refractivity contribution in [2.45, 2.75) is 18.6 Å². The van der Waals surface area contributed by atoms with E-state index < -0.39 is 6.10 Å². The van der Waals surface area contributed by atoms with Crippen LogP contribution in [0.4, 0.5) is 10.2 Å². The Morgan fingerprint density at radius 1 is 1.33 bits per heavy atom. The fourth-order valence-corrected chi connectivity index (χ4v) is 2.80.